The standard InChI is InChI=1S/C29H38N2O4/c1-20(2)18-31(28(34)22-9-6-5-7-10-22)24-16-27(35-21(3)32)26-19-30(4)14-13-29(26,17-24)23-11-8-12-25(33)15-23/h5-12,15,20,24,26-27,33H,13-14,16-19H2,1-4H3/t24-,26?,27?,29?/m0/s1. The number of phenolic OH excluding ortho intramolecular Hbond substituents is 1. The lowest BCUT2D eigenvalue weighted by atomic mass is 9.56. The van der Waals surface area contributed by atoms with Gasteiger partial charge in [0.2, 0.25) is 0 Å². The van der Waals surface area contributed by atoms with Gasteiger partial charge in [0.05, 0.1) is 0 Å². The molecule has 6 nitrogen and oxygen atoms in total. The van der Waals surface area contributed by atoms with Crippen LogP contribution in [0.3, 0.4) is 0 Å². The summed E-state index contributed by atoms with van der Waals surface area (Å²) in [4.78, 5) is 30.3. The summed E-state index contributed by atoms with van der Waals surface area (Å²) in [5.74, 6) is 0.333. The molecule has 1 N–H and O–H groups in total. The number of amides is 1. The number of aromatic hydroxyl groups is 1. The summed E-state index contributed by atoms with van der Waals surface area (Å²) in [5.41, 5.74) is 1.43. The first-order chi connectivity index (χ1) is 16.7. The number of hydrogen-bond donors (Lipinski definition) is 1. The predicted octanol–water partition coefficient (Wildman–Crippen LogP) is 4.47. The fraction of sp³-hybridized carbons (Fsp3) is 0.517. The molecule has 2 aromatic rings. The van der Waals surface area contributed by atoms with Crippen molar-refractivity contribution in [3.8, 4) is 5.75 Å². The van der Waals surface area contributed by atoms with Crippen LogP contribution in [-0.4, -0.2) is 65.6 Å². The van der Waals surface area contributed by atoms with Crippen LogP contribution in [0.2, 0.25) is 0 Å². The normalized spacial score (nSPS) is 26.7. The van der Waals surface area contributed by atoms with Gasteiger partial charge >= 0.3 is 5.97 Å². The monoisotopic (exact) mass is 478 g/mol. The van der Waals surface area contributed by atoms with Crippen LogP contribution in [-0.2, 0) is 14.9 Å². The fourth-order valence-corrected chi connectivity index (χ4v) is 6.25. The number of nitrogens with zero attached hydrogens (tertiary/aromatic N) is 2. The van der Waals surface area contributed by atoms with Crippen molar-refractivity contribution in [2.24, 2.45) is 11.8 Å². The van der Waals surface area contributed by atoms with Crippen LogP contribution in [0.25, 0.3) is 0 Å². The third-order valence-corrected chi connectivity index (χ3v) is 7.73. The van der Waals surface area contributed by atoms with E-state index in [0.717, 1.165) is 31.5 Å². The highest BCUT2D eigenvalue weighted by molar-refractivity contribution is 5.94. The molecule has 35 heavy (non-hydrogen) atoms. The van der Waals surface area contributed by atoms with Crippen molar-refractivity contribution in [3.05, 3.63) is 65.7 Å². The molecule has 1 aliphatic carbocycles. The lowest BCUT2D eigenvalue weighted by Crippen LogP contribution is -2.62. The van der Waals surface area contributed by atoms with Crippen molar-refractivity contribution in [3.63, 3.8) is 0 Å². The maximum absolute atomic E-state index is 13.8. The topological polar surface area (TPSA) is 70.1 Å². The zero-order chi connectivity index (χ0) is 25.2. The van der Waals surface area contributed by atoms with Crippen molar-refractivity contribution < 1.29 is 19.4 Å². The number of likely N-dealkylation sites (tertiary alicyclic amines) is 1. The Bertz CT molecular complexity index is 1040. The number of ether oxygens (including phenoxy) is 1. The van der Waals surface area contributed by atoms with Gasteiger partial charge < -0.3 is 19.6 Å². The van der Waals surface area contributed by atoms with Gasteiger partial charge in [0.15, 0.2) is 0 Å². The van der Waals surface area contributed by atoms with Crippen LogP contribution < -0.4 is 0 Å². The molecule has 1 saturated carbocycles. The maximum atomic E-state index is 13.8. The highest BCUT2D eigenvalue weighted by Gasteiger charge is 2.54. The Hall–Kier alpha value is -2.86. The first kappa shape index (κ1) is 25.2. The van der Waals surface area contributed by atoms with Crippen molar-refractivity contribution in [2.75, 3.05) is 26.7 Å². The molecule has 1 aliphatic heterocycles. The number of esters is 1. The van der Waals surface area contributed by atoms with Gasteiger partial charge in [0.1, 0.15) is 11.9 Å². The number of benzene rings is 2. The Morgan fingerprint density at radius 2 is 1.91 bits per heavy atom. The maximum Gasteiger partial charge on any atom is 0.302 e. The minimum absolute atomic E-state index is 0.0170. The SMILES string of the molecule is CC(=O)OC1C[C@H](N(CC(C)C)C(=O)c2ccccc2)CC2(c3cccc(O)c3)CCN(C)CC12. The van der Waals surface area contributed by atoms with E-state index >= 15 is 0 Å². The number of piperidine rings is 1. The van der Waals surface area contributed by atoms with E-state index in [-0.39, 0.29) is 41.1 Å². The van der Waals surface area contributed by atoms with Crippen molar-refractivity contribution in [2.45, 2.75) is 57.6 Å². The molecule has 3 unspecified atom stereocenters. The highest BCUT2D eigenvalue weighted by atomic mass is 16.5. The molecular formula is C29H38N2O4. The van der Waals surface area contributed by atoms with E-state index in [4.69, 9.17) is 4.74 Å². The van der Waals surface area contributed by atoms with Gasteiger partial charge in [-0.25, -0.2) is 0 Å². The van der Waals surface area contributed by atoms with Gasteiger partial charge in [0.25, 0.3) is 5.91 Å². The summed E-state index contributed by atoms with van der Waals surface area (Å²) in [7, 11) is 2.10. The van der Waals surface area contributed by atoms with Crippen LogP contribution in [0.5, 0.6) is 5.75 Å². The summed E-state index contributed by atoms with van der Waals surface area (Å²) >= 11 is 0. The summed E-state index contributed by atoms with van der Waals surface area (Å²) in [5, 5.41) is 10.4. The summed E-state index contributed by atoms with van der Waals surface area (Å²) < 4.78 is 5.99. The predicted molar refractivity (Wildman–Crippen MR) is 136 cm³/mol. The Morgan fingerprint density at radius 3 is 2.57 bits per heavy atom. The highest BCUT2D eigenvalue weighted by Crippen LogP contribution is 2.51. The Balaban J connectivity index is 1.79. The molecule has 2 aromatic carbocycles. The second-order valence-electron chi connectivity index (χ2n) is 10.8. The minimum Gasteiger partial charge on any atom is -0.508 e. The molecule has 0 bridgehead atoms. The van der Waals surface area contributed by atoms with Crippen molar-refractivity contribution >= 4 is 11.9 Å². The second kappa shape index (κ2) is 10.4. The molecule has 6 heteroatoms. The van der Waals surface area contributed by atoms with Crippen LogP contribution in [0.15, 0.2) is 54.6 Å². The number of phenols is 1. The van der Waals surface area contributed by atoms with E-state index < -0.39 is 0 Å². The second-order valence-corrected chi connectivity index (χ2v) is 10.8. The average molecular weight is 479 g/mol. The lowest BCUT2D eigenvalue weighted by Gasteiger charge is -2.56. The molecule has 1 saturated heterocycles. The summed E-state index contributed by atoms with van der Waals surface area (Å²) in [6, 6.07) is 16.9. The van der Waals surface area contributed by atoms with Crippen LogP contribution in [0.1, 0.15) is 56.0 Å². The van der Waals surface area contributed by atoms with E-state index in [1.54, 1.807) is 6.07 Å². The van der Waals surface area contributed by atoms with E-state index in [2.05, 4.69) is 31.9 Å². The summed E-state index contributed by atoms with van der Waals surface area (Å²) in [6.07, 6.45) is 1.96. The van der Waals surface area contributed by atoms with E-state index in [0.29, 0.717) is 24.4 Å². The van der Waals surface area contributed by atoms with Gasteiger partial charge in [-0.2, -0.15) is 0 Å². The van der Waals surface area contributed by atoms with E-state index in [1.165, 1.54) is 6.92 Å². The van der Waals surface area contributed by atoms with Crippen molar-refractivity contribution in [1.29, 1.82) is 0 Å². The molecular weight excluding hydrogens is 440 g/mol. The number of hydrogen-bond acceptors (Lipinski definition) is 5. The molecule has 0 aromatic heterocycles. The molecule has 1 heterocycles. The first-order valence-corrected chi connectivity index (χ1v) is 12.7. The molecule has 0 radical (unpaired) electrons. The molecule has 4 rings (SSSR count). The molecule has 2 fully saturated rings. The van der Waals surface area contributed by atoms with Gasteiger partial charge in [-0.15, -0.1) is 0 Å². The Kier molecular flexibility index (Phi) is 7.50. The third-order valence-electron chi connectivity index (χ3n) is 7.73. The number of fused-ring (bicyclic) bond motifs is 1. The molecule has 188 valence electrons. The van der Waals surface area contributed by atoms with Crippen LogP contribution in [0, 0.1) is 11.8 Å². The number of carbonyl (C=O) groups is 2. The van der Waals surface area contributed by atoms with Crippen molar-refractivity contribution in [1.82, 2.24) is 9.80 Å². The van der Waals surface area contributed by atoms with Crippen LogP contribution >= 0.6 is 0 Å². The fourth-order valence-electron chi connectivity index (χ4n) is 6.25. The minimum atomic E-state index is -0.311. The summed E-state index contributed by atoms with van der Waals surface area (Å²) in [6.45, 7) is 8.06. The third kappa shape index (κ3) is 5.37. The molecule has 4 atom stereocenters. The number of rotatable bonds is 6. The van der Waals surface area contributed by atoms with Gasteiger partial charge in [0, 0.05) is 49.4 Å². The lowest BCUT2D eigenvalue weighted by molar-refractivity contribution is -0.158. The molecule has 1 amide bonds. The molecule has 0 spiro atoms. The van der Waals surface area contributed by atoms with E-state index in [9.17, 15) is 14.7 Å². The van der Waals surface area contributed by atoms with E-state index in [1.807, 2.05) is 47.4 Å². The Morgan fingerprint density at radius 1 is 1.17 bits per heavy atom. The zero-order valence-corrected chi connectivity index (χ0v) is 21.3. The van der Waals surface area contributed by atoms with Gasteiger partial charge in [-0.1, -0.05) is 44.2 Å². The molecule has 2 aliphatic rings. The van der Waals surface area contributed by atoms with Gasteiger partial charge in [-0.05, 0) is 62.2 Å². The first-order valence-electron chi connectivity index (χ1n) is 12.7. The van der Waals surface area contributed by atoms with Gasteiger partial charge in [-0.3, -0.25) is 9.59 Å². The largest absolute Gasteiger partial charge is 0.508 e. The number of carbonyl (C=O) groups excluding carboxylic acids is 2. The smallest absolute Gasteiger partial charge is 0.302 e. The quantitative estimate of drug-likeness (QED) is 0.620. The Labute approximate surface area is 208 Å². The zero-order valence-electron chi connectivity index (χ0n) is 21.3. The van der Waals surface area contributed by atoms with Crippen LogP contribution in [0.4, 0.5) is 0 Å². The average Bonchev–Trinajstić information content (AvgIpc) is 2.82.